The van der Waals surface area contributed by atoms with E-state index in [1.54, 1.807) is 0 Å². The molecule has 0 aliphatic carbocycles. The zero-order valence-corrected chi connectivity index (χ0v) is 11.8. The third kappa shape index (κ3) is 3.67. The first-order valence-electron chi connectivity index (χ1n) is 6.68. The molecule has 2 rings (SSSR count). The number of piperidine rings is 1. The Morgan fingerprint density at radius 3 is 2.68 bits per heavy atom. The lowest BCUT2D eigenvalue weighted by Gasteiger charge is -2.28. The van der Waals surface area contributed by atoms with Crippen molar-refractivity contribution in [3.05, 3.63) is 29.0 Å². The monoisotopic (exact) mass is 285 g/mol. The van der Waals surface area contributed by atoms with Crippen molar-refractivity contribution < 1.29 is 14.1 Å². The summed E-state index contributed by atoms with van der Waals surface area (Å²) in [6, 6.07) is 3.88. The van der Waals surface area contributed by atoms with Gasteiger partial charge in [0.1, 0.15) is 5.82 Å². The van der Waals surface area contributed by atoms with E-state index in [-0.39, 0.29) is 17.0 Å². The second-order valence-corrected chi connectivity index (χ2v) is 5.46. The molecule has 5 heteroatoms. The van der Waals surface area contributed by atoms with Gasteiger partial charge in [-0.25, -0.2) is 4.39 Å². The minimum absolute atomic E-state index is 0.0644. The number of benzene rings is 1. The molecule has 1 aromatic rings. The van der Waals surface area contributed by atoms with E-state index in [2.05, 4.69) is 5.32 Å². The summed E-state index contributed by atoms with van der Waals surface area (Å²) in [6.07, 6.45) is 3.59. The Morgan fingerprint density at radius 1 is 1.37 bits per heavy atom. The Morgan fingerprint density at radius 2 is 2.05 bits per heavy atom. The predicted octanol–water partition coefficient (Wildman–Crippen LogP) is 1.87. The van der Waals surface area contributed by atoms with Crippen LogP contribution in [0.2, 0.25) is 5.02 Å². The summed E-state index contributed by atoms with van der Waals surface area (Å²) in [7, 11) is 0. The highest BCUT2D eigenvalue weighted by Crippen LogP contribution is 2.22. The Bertz CT molecular complexity index is 461. The molecule has 1 atom stereocenters. The van der Waals surface area contributed by atoms with Gasteiger partial charge < -0.3 is 10.2 Å². The first kappa shape index (κ1) is 14.3. The van der Waals surface area contributed by atoms with Crippen LogP contribution in [0.4, 0.5) is 10.1 Å². The van der Waals surface area contributed by atoms with Crippen molar-refractivity contribution in [2.75, 3.05) is 18.4 Å². The number of nitrogens with one attached hydrogen (secondary N) is 2. The van der Waals surface area contributed by atoms with Crippen LogP contribution in [-0.4, -0.2) is 25.0 Å². The molecule has 0 unspecified atom stereocenters. The van der Waals surface area contributed by atoms with Crippen LogP contribution in [0.5, 0.6) is 0 Å². The fourth-order valence-electron chi connectivity index (χ4n) is 2.46. The van der Waals surface area contributed by atoms with Gasteiger partial charge in [0.05, 0.1) is 23.8 Å². The van der Waals surface area contributed by atoms with Gasteiger partial charge in [0.2, 0.25) is 0 Å². The molecule has 19 heavy (non-hydrogen) atoms. The largest absolute Gasteiger partial charge is 0.325 e. The number of halogens is 2. The van der Waals surface area contributed by atoms with Gasteiger partial charge in [-0.3, -0.25) is 4.79 Å². The maximum absolute atomic E-state index is 12.9. The number of carbonyl (C=O) groups excluding carboxylic acids is 1. The maximum Gasteiger partial charge on any atom is 0.282 e. The first-order chi connectivity index (χ1) is 9.08. The van der Waals surface area contributed by atoms with Gasteiger partial charge in [0.15, 0.2) is 6.04 Å². The number of amides is 1. The molecule has 1 amide bonds. The molecule has 0 saturated carbocycles. The molecule has 0 spiro atoms. The van der Waals surface area contributed by atoms with Crippen molar-refractivity contribution in [1.29, 1.82) is 0 Å². The van der Waals surface area contributed by atoms with Crippen LogP contribution in [0.1, 0.15) is 26.2 Å². The molecule has 1 aliphatic rings. The lowest BCUT2D eigenvalue weighted by molar-refractivity contribution is -0.918. The van der Waals surface area contributed by atoms with E-state index in [1.165, 1.54) is 42.4 Å². The number of carbonyl (C=O) groups is 1. The Kier molecular flexibility index (Phi) is 4.77. The van der Waals surface area contributed by atoms with Crippen molar-refractivity contribution in [3.63, 3.8) is 0 Å². The van der Waals surface area contributed by atoms with Crippen molar-refractivity contribution >= 4 is 23.2 Å². The molecule has 1 saturated heterocycles. The SMILES string of the molecule is C[C@@H](C(=O)Nc1ccc(F)cc1Cl)[NH+]1CCCCC1. The van der Waals surface area contributed by atoms with Crippen LogP contribution in [0, 0.1) is 5.82 Å². The quantitative estimate of drug-likeness (QED) is 0.873. The Hall–Kier alpha value is -1.13. The molecule has 3 nitrogen and oxygen atoms in total. The molecular formula is C14H19ClFN2O+. The predicted molar refractivity (Wildman–Crippen MR) is 74.0 cm³/mol. The Balaban J connectivity index is 1.99. The normalized spacial score (nSPS) is 18.1. The van der Waals surface area contributed by atoms with E-state index in [0.29, 0.717) is 5.69 Å². The molecule has 0 bridgehead atoms. The van der Waals surface area contributed by atoms with Gasteiger partial charge in [-0.2, -0.15) is 0 Å². The lowest BCUT2D eigenvalue weighted by Crippen LogP contribution is -3.17. The van der Waals surface area contributed by atoms with Crippen LogP contribution < -0.4 is 10.2 Å². The van der Waals surface area contributed by atoms with Gasteiger partial charge in [-0.15, -0.1) is 0 Å². The summed E-state index contributed by atoms with van der Waals surface area (Å²) in [5.74, 6) is -0.469. The van der Waals surface area contributed by atoms with Crippen LogP contribution in [0.25, 0.3) is 0 Å². The smallest absolute Gasteiger partial charge is 0.282 e. The number of anilines is 1. The van der Waals surface area contributed by atoms with E-state index >= 15 is 0 Å². The molecule has 104 valence electrons. The van der Waals surface area contributed by atoms with E-state index in [9.17, 15) is 9.18 Å². The zero-order valence-electron chi connectivity index (χ0n) is 11.0. The highest BCUT2D eigenvalue weighted by Gasteiger charge is 2.26. The zero-order chi connectivity index (χ0) is 13.8. The standard InChI is InChI=1S/C14H18ClFN2O/c1-10(18-7-3-2-4-8-18)14(19)17-13-6-5-11(16)9-12(13)15/h5-6,9-10H,2-4,7-8H2,1H3,(H,17,19)/p+1/t10-/m0/s1. The highest BCUT2D eigenvalue weighted by atomic mass is 35.5. The van der Waals surface area contributed by atoms with Gasteiger partial charge >= 0.3 is 0 Å². The van der Waals surface area contributed by atoms with Crippen LogP contribution >= 0.6 is 11.6 Å². The minimum Gasteiger partial charge on any atom is -0.325 e. The molecule has 0 radical (unpaired) electrons. The topological polar surface area (TPSA) is 33.5 Å². The fourth-order valence-corrected chi connectivity index (χ4v) is 2.67. The minimum atomic E-state index is -0.405. The van der Waals surface area contributed by atoms with Gasteiger partial charge in [0, 0.05) is 0 Å². The first-order valence-corrected chi connectivity index (χ1v) is 7.06. The fraction of sp³-hybridized carbons (Fsp3) is 0.500. The van der Waals surface area contributed by atoms with Gasteiger partial charge in [-0.05, 0) is 44.4 Å². The average Bonchev–Trinajstić information content (AvgIpc) is 2.42. The van der Waals surface area contributed by atoms with E-state index in [4.69, 9.17) is 11.6 Å². The molecule has 0 aromatic heterocycles. The van der Waals surface area contributed by atoms with Crippen molar-refractivity contribution in [1.82, 2.24) is 0 Å². The summed E-state index contributed by atoms with van der Waals surface area (Å²) in [5.41, 5.74) is 0.469. The Labute approximate surface area is 117 Å². The molecule has 1 heterocycles. The molecule has 1 aromatic carbocycles. The molecule has 1 fully saturated rings. The number of quaternary nitrogens is 1. The maximum atomic E-state index is 12.9. The van der Waals surface area contributed by atoms with Gasteiger partial charge in [0.25, 0.3) is 5.91 Å². The third-order valence-electron chi connectivity index (χ3n) is 3.69. The van der Waals surface area contributed by atoms with Crippen LogP contribution in [0.15, 0.2) is 18.2 Å². The average molecular weight is 286 g/mol. The van der Waals surface area contributed by atoms with Crippen LogP contribution in [0.3, 0.4) is 0 Å². The van der Waals surface area contributed by atoms with Gasteiger partial charge in [-0.1, -0.05) is 11.6 Å². The number of hydrogen-bond donors (Lipinski definition) is 2. The highest BCUT2D eigenvalue weighted by molar-refractivity contribution is 6.33. The lowest BCUT2D eigenvalue weighted by atomic mass is 10.1. The molecular weight excluding hydrogens is 267 g/mol. The summed E-state index contributed by atoms with van der Waals surface area (Å²) in [6.45, 7) is 3.99. The number of hydrogen-bond acceptors (Lipinski definition) is 1. The third-order valence-corrected chi connectivity index (χ3v) is 4.00. The number of likely N-dealkylation sites (tertiary alicyclic amines) is 1. The summed E-state index contributed by atoms with van der Waals surface area (Å²) >= 11 is 5.90. The second-order valence-electron chi connectivity index (χ2n) is 5.05. The summed E-state index contributed by atoms with van der Waals surface area (Å²) in [5, 5.41) is 3.01. The van der Waals surface area contributed by atoms with Crippen molar-refractivity contribution in [3.8, 4) is 0 Å². The molecule has 1 aliphatic heterocycles. The van der Waals surface area contributed by atoms with Crippen molar-refractivity contribution in [2.24, 2.45) is 0 Å². The van der Waals surface area contributed by atoms with Crippen molar-refractivity contribution in [2.45, 2.75) is 32.2 Å². The summed E-state index contributed by atoms with van der Waals surface area (Å²) in [4.78, 5) is 13.5. The van der Waals surface area contributed by atoms with Crippen LogP contribution in [-0.2, 0) is 4.79 Å². The molecule has 2 N–H and O–H groups in total. The second kappa shape index (κ2) is 6.35. The van der Waals surface area contributed by atoms with E-state index in [1.807, 2.05) is 6.92 Å². The van der Waals surface area contributed by atoms with E-state index in [0.717, 1.165) is 13.1 Å². The summed E-state index contributed by atoms with van der Waals surface area (Å²) < 4.78 is 12.9. The number of rotatable bonds is 3. The van der Waals surface area contributed by atoms with E-state index < -0.39 is 5.82 Å².